The second-order valence-corrected chi connectivity index (χ2v) is 4.69. The lowest BCUT2D eigenvalue weighted by molar-refractivity contribution is -0.143. The Hall–Kier alpha value is -2.63. The van der Waals surface area contributed by atoms with Crippen molar-refractivity contribution >= 4 is 11.9 Å². The molecule has 0 unspecified atom stereocenters. The molecule has 0 saturated heterocycles. The zero-order valence-electron chi connectivity index (χ0n) is 10.6. The maximum atomic E-state index is 12.4. The molecule has 6 heteroatoms. The Morgan fingerprint density at radius 1 is 1.40 bits per heavy atom. The van der Waals surface area contributed by atoms with Gasteiger partial charge in [0.15, 0.2) is 0 Å². The van der Waals surface area contributed by atoms with E-state index in [0.29, 0.717) is 5.69 Å². The van der Waals surface area contributed by atoms with E-state index >= 15 is 0 Å². The molecule has 1 aliphatic rings. The fraction of sp³-hybridized carbons (Fsp3) is 0.214. The number of pyridine rings is 1. The number of carboxylic acids is 1. The lowest BCUT2D eigenvalue weighted by atomic mass is 10.1. The molecule has 6 nitrogen and oxygen atoms in total. The third-order valence-electron chi connectivity index (χ3n) is 3.42. The van der Waals surface area contributed by atoms with E-state index in [1.807, 2.05) is 6.07 Å². The van der Waals surface area contributed by atoms with Crippen LogP contribution in [0.3, 0.4) is 0 Å². The minimum absolute atomic E-state index is 0.245. The number of carboxylic acid groups (broad SMARTS) is 1. The zero-order chi connectivity index (χ0) is 14.1. The van der Waals surface area contributed by atoms with Gasteiger partial charge in [-0.25, -0.2) is 4.79 Å². The number of fused-ring (bicyclic) bond motifs is 1. The predicted octanol–water partition coefficient (Wildman–Crippen LogP) is 0.992. The van der Waals surface area contributed by atoms with E-state index < -0.39 is 12.0 Å². The number of hydrogen-bond donors (Lipinski definition) is 1. The fourth-order valence-electron chi connectivity index (χ4n) is 2.42. The van der Waals surface area contributed by atoms with Gasteiger partial charge < -0.3 is 14.6 Å². The van der Waals surface area contributed by atoms with Gasteiger partial charge in [-0.3, -0.25) is 9.78 Å². The topological polar surface area (TPSA) is 75.4 Å². The van der Waals surface area contributed by atoms with Crippen LogP contribution in [0.5, 0.6) is 0 Å². The van der Waals surface area contributed by atoms with Crippen molar-refractivity contribution in [3.63, 3.8) is 0 Å². The first kappa shape index (κ1) is 12.4. The summed E-state index contributed by atoms with van der Waals surface area (Å²) in [4.78, 5) is 29.2. The first-order valence-electron chi connectivity index (χ1n) is 6.24. The van der Waals surface area contributed by atoms with Gasteiger partial charge in [0.2, 0.25) is 0 Å². The molecule has 0 radical (unpaired) electrons. The quantitative estimate of drug-likeness (QED) is 0.903. The normalized spacial score (nSPS) is 17.9. The molecule has 0 fully saturated rings. The Labute approximate surface area is 115 Å². The Morgan fingerprint density at radius 3 is 2.95 bits per heavy atom. The van der Waals surface area contributed by atoms with Gasteiger partial charge >= 0.3 is 5.97 Å². The Bertz CT molecular complexity index is 651. The fourth-order valence-corrected chi connectivity index (χ4v) is 2.42. The summed E-state index contributed by atoms with van der Waals surface area (Å²) in [6.07, 6.45) is 5.01. The molecule has 0 spiro atoms. The van der Waals surface area contributed by atoms with Crippen LogP contribution in [0.2, 0.25) is 0 Å². The standard InChI is InChI=1S/C14H13N3O3/c18-13-11-4-2-6-16(11)9-12(14(19)20)17(13)8-10-3-1-5-15-7-10/h1-7,12H,8-9H2,(H,19,20)/t12-/m1/s1. The van der Waals surface area contributed by atoms with Crippen LogP contribution in [0.15, 0.2) is 42.9 Å². The third-order valence-corrected chi connectivity index (χ3v) is 3.42. The van der Waals surface area contributed by atoms with Crippen LogP contribution in [-0.4, -0.2) is 37.5 Å². The van der Waals surface area contributed by atoms with Crippen LogP contribution in [-0.2, 0) is 17.9 Å². The SMILES string of the molecule is O=C(O)[C@H]1Cn2cccc2C(=O)N1Cc1cccnc1. The highest BCUT2D eigenvalue weighted by molar-refractivity contribution is 5.96. The average Bonchev–Trinajstić information content (AvgIpc) is 2.91. The highest BCUT2D eigenvalue weighted by Crippen LogP contribution is 2.20. The Morgan fingerprint density at radius 2 is 2.25 bits per heavy atom. The van der Waals surface area contributed by atoms with Gasteiger partial charge in [0.25, 0.3) is 5.91 Å². The maximum absolute atomic E-state index is 12.4. The number of hydrogen-bond acceptors (Lipinski definition) is 3. The summed E-state index contributed by atoms with van der Waals surface area (Å²) in [7, 11) is 0. The minimum atomic E-state index is -0.999. The van der Waals surface area contributed by atoms with E-state index in [4.69, 9.17) is 0 Å². The second-order valence-electron chi connectivity index (χ2n) is 4.69. The number of rotatable bonds is 3. The van der Waals surface area contributed by atoms with Crippen molar-refractivity contribution in [1.29, 1.82) is 0 Å². The zero-order valence-corrected chi connectivity index (χ0v) is 10.6. The van der Waals surface area contributed by atoms with Gasteiger partial charge in [-0.2, -0.15) is 0 Å². The summed E-state index contributed by atoms with van der Waals surface area (Å²) in [6.45, 7) is 0.512. The minimum Gasteiger partial charge on any atom is -0.480 e. The molecule has 20 heavy (non-hydrogen) atoms. The van der Waals surface area contributed by atoms with Crippen LogP contribution in [0.1, 0.15) is 16.1 Å². The molecule has 1 N–H and O–H groups in total. The Kier molecular flexibility index (Phi) is 2.98. The molecule has 2 aromatic rings. The summed E-state index contributed by atoms with van der Waals surface area (Å²) < 4.78 is 1.68. The summed E-state index contributed by atoms with van der Waals surface area (Å²) in [5.41, 5.74) is 1.33. The summed E-state index contributed by atoms with van der Waals surface area (Å²) in [5, 5.41) is 9.34. The van der Waals surface area contributed by atoms with Crippen molar-refractivity contribution in [3.8, 4) is 0 Å². The van der Waals surface area contributed by atoms with Crippen LogP contribution in [0.25, 0.3) is 0 Å². The van der Waals surface area contributed by atoms with E-state index in [1.54, 1.807) is 41.4 Å². The van der Waals surface area contributed by atoms with Crippen LogP contribution in [0, 0.1) is 0 Å². The molecule has 0 saturated carbocycles. The van der Waals surface area contributed by atoms with Crippen molar-refractivity contribution in [2.45, 2.75) is 19.1 Å². The smallest absolute Gasteiger partial charge is 0.328 e. The van der Waals surface area contributed by atoms with Gasteiger partial charge in [0, 0.05) is 25.1 Å². The number of amides is 1. The van der Waals surface area contributed by atoms with Crippen molar-refractivity contribution in [2.24, 2.45) is 0 Å². The van der Waals surface area contributed by atoms with Crippen LogP contribution in [0.4, 0.5) is 0 Å². The van der Waals surface area contributed by atoms with Gasteiger partial charge in [0.05, 0.1) is 6.54 Å². The van der Waals surface area contributed by atoms with E-state index in [2.05, 4.69) is 4.98 Å². The van der Waals surface area contributed by atoms with Gasteiger partial charge in [-0.05, 0) is 23.8 Å². The number of aromatic nitrogens is 2. The van der Waals surface area contributed by atoms with Crippen molar-refractivity contribution in [2.75, 3.05) is 0 Å². The highest BCUT2D eigenvalue weighted by atomic mass is 16.4. The van der Waals surface area contributed by atoms with E-state index in [-0.39, 0.29) is 19.0 Å². The molecule has 3 heterocycles. The molecule has 1 atom stereocenters. The maximum Gasteiger partial charge on any atom is 0.328 e. The molecule has 102 valence electrons. The number of nitrogens with zero attached hydrogens (tertiary/aromatic N) is 3. The van der Waals surface area contributed by atoms with E-state index in [1.165, 1.54) is 4.90 Å². The molecule has 1 amide bonds. The second kappa shape index (κ2) is 4.80. The third kappa shape index (κ3) is 2.05. The first-order valence-corrected chi connectivity index (χ1v) is 6.24. The monoisotopic (exact) mass is 271 g/mol. The molecule has 1 aliphatic heterocycles. The van der Waals surface area contributed by atoms with Crippen LogP contribution < -0.4 is 0 Å². The number of carbonyl (C=O) groups is 2. The molecule has 0 aromatic carbocycles. The average molecular weight is 271 g/mol. The van der Waals surface area contributed by atoms with Gasteiger partial charge in [-0.15, -0.1) is 0 Å². The number of aliphatic carboxylic acids is 1. The van der Waals surface area contributed by atoms with E-state index in [9.17, 15) is 14.7 Å². The van der Waals surface area contributed by atoms with Crippen molar-refractivity contribution < 1.29 is 14.7 Å². The molecule has 2 aromatic heterocycles. The van der Waals surface area contributed by atoms with Crippen molar-refractivity contribution in [3.05, 3.63) is 54.1 Å². The summed E-state index contributed by atoms with van der Waals surface area (Å²) in [6, 6.07) is 6.19. The summed E-state index contributed by atoms with van der Waals surface area (Å²) >= 11 is 0. The van der Waals surface area contributed by atoms with Crippen molar-refractivity contribution in [1.82, 2.24) is 14.5 Å². The Balaban J connectivity index is 1.94. The molecular weight excluding hydrogens is 258 g/mol. The predicted molar refractivity (Wildman–Crippen MR) is 70.0 cm³/mol. The van der Waals surface area contributed by atoms with Crippen LogP contribution >= 0.6 is 0 Å². The number of carbonyl (C=O) groups excluding carboxylic acids is 1. The molecule has 0 aliphatic carbocycles. The highest BCUT2D eigenvalue weighted by Gasteiger charge is 2.36. The first-order chi connectivity index (χ1) is 9.66. The van der Waals surface area contributed by atoms with Gasteiger partial charge in [0.1, 0.15) is 11.7 Å². The largest absolute Gasteiger partial charge is 0.480 e. The van der Waals surface area contributed by atoms with E-state index in [0.717, 1.165) is 5.56 Å². The molecule has 0 bridgehead atoms. The lowest BCUT2D eigenvalue weighted by Gasteiger charge is -2.34. The van der Waals surface area contributed by atoms with Gasteiger partial charge in [-0.1, -0.05) is 6.07 Å². The summed E-state index contributed by atoms with van der Waals surface area (Å²) in [5.74, 6) is -1.26. The lowest BCUT2D eigenvalue weighted by Crippen LogP contribution is -2.51. The molecular formula is C14H13N3O3. The molecule has 3 rings (SSSR count).